The Hall–Kier alpha value is -2.09. The highest BCUT2D eigenvalue weighted by Crippen LogP contribution is 2.32. The van der Waals surface area contributed by atoms with E-state index in [0.29, 0.717) is 13.2 Å². The van der Waals surface area contributed by atoms with Crippen molar-refractivity contribution in [3.05, 3.63) is 42.0 Å². The number of fused-ring (bicyclic) bond motifs is 1. The Bertz CT molecular complexity index is 619. The fraction of sp³-hybridized carbons (Fsp3) is 0.312. The van der Waals surface area contributed by atoms with Crippen molar-refractivity contribution in [3.63, 3.8) is 0 Å². The topological polar surface area (TPSA) is 54.3 Å². The number of nitrogens with zero attached hydrogens (tertiary/aromatic N) is 1. The van der Waals surface area contributed by atoms with E-state index in [-0.39, 0.29) is 0 Å². The van der Waals surface area contributed by atoms with E-state index >= 15 is 0 Å². The molecule has 20 heavy (non-hydrogen) atoms. The molecule has 1 N–H and O–H groups in total. The summed E-state index contributed by atoms with van der Waals surface area (Å²) in [6, 6.07) is 13.8. The average Bonchev–Trinajstić information content (AvgIpc) is 2.51. The van der Waals surface area contributed by atoms with Crippen molar-refractivity contribution in [2.45, 2.75) is 6.04 Å². The van der Waals surface area contributed by atoms with Gasteiger partial charge in [0.25, 0.3) is 0 Å². The van der Waals surface area contributed by atoms with Crippen molar-refractivity contribution < 1.29 is 9.47 Å². The minimum atomic E-state index is -0.425. The highest BCUT2D eigenvalue weighted by molar-refractivity contribution is 5.88. The van der Waals surface area contributed by atoms with Crippen molar-refractivity contribution in [1.29, 1.82) is 5.26 Å². The van der Waals surface area contributed by atoms with E-state index in [0.717, 1.165) is 22.1 Å². The van der Waals surface area contributed by atoms with E-state index in [2.05, 4.69) is 11.4 Å². The van der Waals surface area contributed by atoms with Gasteiger partial charge in [-0.15, -0.1) is 0 Å². The molecule has 0 bridgehead atoms. The van der Waals surface area contributed by atoms with E-state index in [1.54, 1.807) is 14.2 Å². The van der Waals surface area contributed by atoms with Gasteiger partial charge in [-0.3, -0.25) is 5.32 Å². The Morgan fingerprint density at radius 2 is 2.00 bits per heavy atom. The largest absolute Gasteiger partial charge is 0.496 e. The van der Waals surface area contributed by atoms with Crippen LogP contribution in [0.15, 0.2) is 36.4 Å². The van der Waals surface area contributed by atoms with Gasteiger partial charge in [0.05, 0.1) is 19.8 Å². The molecule has 0 saturated carbocycles. The van der Waals surface area contributed by atoms with Gasteiger partial charge in [-0.1, -0.05) is 30.3 Å². The first kappa shape index (κ1) is 14.3. The molecule has 0 aromatic heterocycles. The van der Waals surface area contributed by atoms with Gasteiger partial charge >= 0.3 is 0 Å². The van der Waals surface area contributed by atoms with E-state index in [1.165, 1.54) is 0 Å². The number of nitriles is 1. The van der Waals surface area contributed by atoms with Crippen LogP contribution in [0.4, 0.5) is 0 Å². The molecule has 0 aliphatic heterocycles. The van der Waals surface area contributed by atoms with Gasteiger partial charge in [-0.2, -0.15) is 5.26 Å². The van der Waals surface area contributed by atoms with Gasteiger partial charge in [0.1, 0.15) is 11.8 Å². The van der Waals surface area contributed by atoms with Crippen LogP contribution in [-0.2, 0) is 4.74 Å². The van der Waals surface area contributed by atoms with Crippen LogP contribution in [0.3, 0.4) is 0 Å². The van der Waals surface area contributed by atoms with Crippen LogP contribution in [0.1, 0.15) is 11.6 Å². The Morgan fingerprint density at radius 1 is 1.20 bits per heavy atom. The maximum atomic E-state index is 9.45. The fourth-order valence-corrected chi connectivity index (χ4v) is 2.27. The van der Waals surface area contributed by atoms with Crippen LogP contribution >= 0.6 is 0 Å². The zero-order valence-electron chi connectivity index (χ0n) is 11.7. The number of ether oxygens (including phenoxy) is 2. The number of benzene rings is 2. The molecule has 1 unspecified atom stereocenters. The normalized spacial score (nSPS) is 12.1. The molecule has 0 radical (unpaired) electrons. The van der Waals surface area contributed by atoms with Gasteiger partial charge in [0, 0.05) is 19.2 Å². The van der Waals surface area contributed by atoms with Crippen molar-refractivity contribution in [2.75, 3.05) is 27.4 Å². The number of hydrogen-bond donors (Lipinski definition) is 1. The van der Waals surface area contributed by atoms with E-state index in [9.17, 15) is 5.26 Å². The quantitative estimate of drug-likeness (QED) is 0.820. The van der Waals surface area contributed by atoms with Crippen molar-refractivity contribution in [2.24, 2.45) is 0 Å². The third-order valence-corrected chi connectivity index (χ3v) is 3.22. The number of hydrogen-bond acceptors (Lipinski definition) is 4. The molecule has 2 aromatic rings. The molecule has 4 nitrogen and oxygen atoms in total. The first-order valence-corrected chi connectivity index (χ1v) is 6.49. The van der Waals surface area contributed by atoms with Crippen LogP contribution in [-0.4, -0.2) is 27.4 Å². The second-order valence-electron chi connectivity index (χ2n) is 4.41. The molecule has 0 aliphatic rings. The predicted octanol–water partition coefficient (Wildman–Crippen LogP) is 2.65. The standard InChI is InChI=1S/C16H18N2O2/c1-19-10-9-18-14(11-17)16-13-6-4-3-5-12(13)7-8-15(16)20-2/h3-8,14,18H,9-10H2,1-2H3. The lowest BCUT2D eigenvalue weighted by atomic mass is 9.98. The van der Waals surface area contributed by atoms with Gasteiger partial charge in [0.2, 0.25) is 0 Å². The Labute approximate surface area is 118 Å². The molecule has 0 spiro atoms. The molecule has 0 amide bonds. The monoisotopic (exact) mass is 270 g/mol. The fourth-order valence-electron chi connectivity index (χ4n) is 2.27. The molecule has 0 fully saturated rings. The second-order valence-corrected chi connectivity index (χ2v) is 4.41. The molecule has 104 valence electrons. The SMILES string of the molecule is COCCNC(C#N)c1c(OC)ccc2ccccc12. The lowest BCUT2D eigenvalue weighted by Crippen LogP contribution is -2.24. The first-order chi connectivity index (χ1) is 9.81. The summed E-state index contributed by atoms with van der Waals surface area (Å²) < 4.78 is 10.4. The van der Waals surface area contributed by atoms with Crippen molar-refractivity contribution in [1.82, 2.24) is 5.32 Å². The third-order valence-electron chi connectivity index (χ3n) is 3.22. The molecule has 4 heteroatoms. The Kier molecular flexibility index (Phi) is 4.94. The van der Waals surface area contributed by atoms with Crippen LogP contribution in [0.5, 0.6) is 5.75 Å². The molecular formula is C16H18N2O2. The molecule has 0 saturated heterocycles. The van der Waals surface area contributed by atoms with Gasteiger partial charge in [-0.25, -0.2) is 0 Å². The minimum Gasteiger partial charge on any atom is -0.496 e. The highest BCUT2D eigenvalue weighted by atomic mass is 16.5. The average molecular weight is 270 g/mol. The lowest BCUT2D eigenvalue weighted by Gasteiger charge is -2.17. The predicted molar refractivity (Wildman–Crippen MR) is 78.7 cm³/mol. The van der Waals surface area contributed by atoms with Crippen molar-refractivity contribution in [3.8, 4) is 11.8 Å². The molecule has 0 aliphatic carbocycles. The summed E-state index contributed by atoms with van der Waals surface area (Å²) in [5.41, 5.74) is 0.879. The summed E-state index contributed by atoms with van der Waals surface area (Å²) in [5.74, 6) is 0.722. The summed E-state index contributed by atoms with van der Waals surface area (Å²) in [6.45, 7) is 1.17. The van der Waals surface area contributed by atoms with E-state index in [4.69, 9.17) is 9.47 Å². The first-order valence-electron chi connectivity index (χ1n) is 6.49. The van der Waals surface area contributed by atoms with Crippen LogP contribution in [0.2, 0.25) is 0 Å². The summed E-state index contributed by atoms with van der Waals surface area (Å²) in [4.78, 5) is 0. The summed E-state index contributed by atoms with van der Waals surface area (Å²) >= 11 is 0. The second kappa shape index (κ2) is 6.90. The highest BCUT2D eigenvalue weighted by Gasteiger charge is 2.18. The third kappa shape index (κ3) is 2.90. The molecule has 0 heterocycles. The molecule has 2 aromatic carbocycles. The number of nitrogens with one attached hydrogen (secondary N) is 1. The van der Waals surface area contributed by atoms with Crippen LogP contribution in [0, 0.1) is 11.3 Å². The smallest absolute Gasteiger partial charge is 0.125 e. The number of rotatable bonds is 6. The summed E-state index contributed by atoms with van der Waals surface area (Å²) in [6.07, 6.45) is 0. The summed E-state index contributed by atoms with van der Waals surface area (Å²) in [5, 5.41) is 14.8. The Morgan fingerprint density at radius 3 is 2.70 bits per heavy atom. The zero-order valence-corrected chi connectivity index (χ0v) is 11.7. The zero-order chi connectivity index (χ0) is 14.4. The van der Waals surface area contributed by atoms with E-state index < -0.39 is 6.04 Å². The Balaban J connectivity index is 2.46. The van der Waals surface area contributed by atoms with Crippen LogP contribution < -0.4 is 10.1 Å². The van der Waals surface area contributed by atoms with Gasteiger partial charge in [-0.05, 0) is 16.8 Å². The lowest BCUT2D eigenvalue weighted by molar-refractivity contribution is 0.197. The summed E-state index contributed by atoms with van der Waals surface area (Å²) in [7, 11) is 3.26. The number of methoxy groups -OCH3 is 2. The van der Waals surface area contributed by atoms with Crippen LogP contribution in [0.25, 0.3) is 10.8 Å². The van der Waals surface area contributed by atoms with E-state index in [1.807, 2.05) is 36.4 Å². The minimum absolute atomic E-state index is 0.425. The maximum absolute atomic E-state index is 9.45. The molecule has 1 atom stereocenters. The van der Waals surface area contributed by atoms with Gasteiger partial charge < -0.3 is 9.47 Å². The van der Waals surface area contributed by atoms with Gasteiger partial charge in [0.15, 0.2) is 0 Å². The van der Waals surface area contributed by atoms with Crippen molar-refractivity contribution >= 4 is 10.8 Å². The maximum Gasteiger partial charge on any atom is 0.125 e. The molecular weight excluding hydrogens is 252 g/mol. The molecule has 2 rings (SSSR count).